The molecule has 0 bridgehead atoms. The van der Waals surface area contributed by atoms with Crippen LogP contribution < -0.4 is 5.32 Å². The zero-order valence-corrected chi connectivity index (χ0v) is 14.2. The molecule has 2 heterocycles. The van der Waals surface area contributed by atoms with Crippen molar-refractivity contribution >= 4 is 29.0 Å². The van der Waals surface area contributed by atoms with Crippen LogP contribution in [0.4, 0.5) is 0 Å². The number of hydrogen-bond acceptors (Lipinski definition) is 5. The van der Waals surface area contributed by atoms with Gasteiger partial charge in [0.25, 0.3) is 5.91 Å². The van der Waals surface area contributed by atoms with E-state index in [1.54, 1.807) is 29.2 Å². The van der Waals surface area contributed by atoms with Crippen LogP contribution in [0.5, 0.6) is 0 Å². The third-order valence-corrected chi connectivity index (χ3v) is 5.08. The Morgan fingerprint density at radius 2 is 2.13 bits per heavy atom. The monoisotopic (exact) mass is 344 g/mol. The van der Waals surface area contributed by atoms with E-state index in [1.165, 1.54) is 10.5 Å². The molecular formula is C17H16N2O2S2. The molecular weight excluding hydrogens is 328 g/mol. The lowest BCUT2D eigenvalue weighted by Gasteiger charge is -2.03. The Hall–Kier alpha value is -2.05. The fourth-order valence-corrected chi connectivity index (χ4v) is 3.42. The molecule has 0 unspecified atom stereocenters. The van der Waals surface area contributed by atoms with Crippen LogP contribution in [0.1, 0.15) is 16.1 Å². The van der Waals surface area contributed by atoms with Crippen LogP contribution in [0.3, 0.4) is 0 Å². The number of thiophene rings is 1. The SMILES string of the molecule is Cc1ccc(SCCNC(=O)c2cc(-c3cccs3)on2)cc1. The highest BCUT2D eigenvalue weighted by atomic mass is 32.2. The molecule has 3 rings (SSSR count). The number of aromatic nitrogens is 1. The Bertz CT molecular complexity index is 764. The van der Waals surface area contributed by atoms with Gasteiger partial charge in [0, 0.05) is 23.3 Å². The number of carbonyl (C=O) groups excluding carboxylic acids is 1. The summed E-state index contributed by atoms with van der Waals surface area (Å²) in [6.07, 6.45) is 0. The van der Waals surface area contributed by atoms with Gasteiger partial charge in [0.2, 0.25) is 0 Å². The van der Waals surface area contributed by atoms with E-state index in [9.17, 15) is 4.79 Å². The topological polar surface area (TPSA) is 55.1 Å². The van der Waals surface area contributed by atoms with Crippen LogP contribution in [-0.2, 0) is 0 Å². The summed E-state index contributed by atoms with van der Waals surface area (Å²) in [7, 11) is 0. The molecule has 1 N–H and O–H groups in total. The minimum atomic E-state index is -0.207. The quantitative estimate of drug-likeness (QED) is 0.537. The van der Waals surface area contributed by atoms with Gasteiger partial charge < -0.3 is 9.84 Å². The standard InChI is InChI=1S/C17H16N2O2S2/c1-12-4-6-13(7-5-12)22-10-8-18-17(20)14-11-15(21-19-14)16-3-2-9-23-16/h2-7,9,11H,8,10H2,1H3,(H,18,20). The lowest BCUT2D eigenvalue weighted by molar-refractivity contribution is 0.0947. The molecule has 0 fully saturated rings. The molecule has 118 valence electrons. The van der Waals surface area contributed by atoms with Crippen LogP contribution in [0.25, 0.3) is 10.6 Å². The number of rotatable bonds is 6. The number of aryl methyl sites for hydroxylation is 1. The Labute approximate surface area is 142 Å². The highest BCUT2D eigenvalue weighted by Gasteiger charge is 2.13. The van der Waals surface area contributed by atoms with E-state index in [2.05, 4.69) is 41.7 Å². The maximum absolute atomic E-state index is 12.0. The summed E-state index contributed by atoms with van der Waals surface area (Å²) in [6, 6.07) is 13.9. The second-order valence-corrected chi connectivity index (χ2v) is 7.09. The molecule has 0 atom stereocenters. The third-order valence-electron chi connectivity index (χ3n) is 3.18. The van der Waals surface area contributed by atoms with E-state index in [0.717, 1.165) is 10.6 Å². The molecule has 0 aliphatic heterocycles. The van der Waals surface area contributed by atoms with Gasteiger partial charge in [0.15, 0.2) is 11.5 Å². The van der Waals surface area contributed by atoms with Gasteiger partial charge >= 0.3 is 0 Å². The van der Waals surface area contributed by atoms with Gasteiger partial charge in [-0.1, -0.05) is 28.9 Å². The lowest BCUT2D eigenvalue weighted by Crippen LogP contribution is -2.25. The average molecular weight is 344 g/mol. The molecule has 3 aromatic rings. The fourth-order valence-electron chi connectivity index (χ4n) is 1.98. The van der Waals surface area contributed by atoms with Crippen molar-refractivity contribution in [3.8, 4) is 10.6 Å². The summed E-state index contributed by atoms with van der Waals surface area (Å²) in [5.41, 5.74) is 1.56. The second kappa shape index (κ2) is 7.48. The van der Waals surface area contributed by atoms with Crippen molar-refractivity contribution in [1.82, 2.24) is 10.5 Å². The number of benzene rings is 1. The Balaban J connectivity index is 1.47. The van der Waals surface area contributed by atoms with E-state index >= 15 is 0 Å². The Kier molecular flexibility index (Phi) is 5.15. The number of amides is 1. The minimum Gasteiger partial charge on any atom is -0.355 e. The number of thioether (sulfide) groups is 1. The van der Waals surface area contributed by atoms with Crippen molar-refractivity contribution in [2.24, 2.45) is 0 Å². The molecule has 0 aliphatic rings. The van der Waals surface area contributed by atoms with Crippen molar-refractivity contribution in [3.63, 3.8) is 0 Å². The van der Waals surface area contributed by atoms with Crippen molar-refractivity contribution in [1.29, 1.82) is 0 Å². The number of nitrogens with one attached hydrogen (secondary N) is 1. The van der Waals surface area contributed by atoms with Gasteiger partial charge in [-0.3, -0.25) is 4.79 Å². The first-order chi connectivity index (χ1) is 11.2. The first kappa shape index (κ1) is 15.8. The predicted octanol–water partition coefficient (Wildman–Crippen LogP) is 4.23. The average Bonchev–Trinajstić information content (AvgIpc) is 3.23. The van der Waals surface area contributed by atoms with Crippen molar-refractivity contribution in [2.45, 2.75) is 11.8 Å². The van der Waals surface area contributed by atoms with Crippen molar-refractivity contribution < 1.29 is 9.32 Å². The highest BCUT2D eigenvalue weighted by molar-refractivity contribution is 7.99. The van der Waals surface area contributed by atoms with Gasteiger partial charge in [0.1, 0.15) is 0 Å². The summed E-state index contributed by atoms with van der Waals surface area (Å²) in [5, 5.41) is 8.65. The molecule has 23 heavy (non-hydrogen) atoms. The number of nitrogens with zero attached hydrogens (tertiary/aromatic N) is 1. The molecule has 2 aromatic heterocycles. The summed E-state index contributed by atoms with van der Waals surface area (Å²) in [6.45, 7) is 2.65. The van der Waals surface area contributed by atoms with Crippen LogP contribution in [-0.4, -0.2) is 23.4 Å². The van der Waals surface area contributed by atoms with Crippen LogP contribution in [0.15, 0.2) is 57.3 Å². The largest absolute Gasteiger partial charge is 0.355 e. The summed E-state index contributed by atoms with van der Waals surface area (Å²) < 4.78 is 5.21. The molecule has 0 radical (unpaired) electrons. The zero-order chi connectivity index (χ0) is 16.1. The predicted molar refractivity (Wildman–Crippen MR) is 94.1 cm³/mol. The van der Waals surface area contributed by atoms with Crippen LogP contribution >= 0.6 is 23.1 Å². The second-order valence-electron chi connectivity index (χ2n) is 4.97. The van der Waals surface area contributed by atoms with Gasteiger partial charge in [-0.25, -0.2) is 0 Å². The molecule has 0 spiro atoms. The van der Waals surface area contributed by atoms with E-state index in [-0.39, 0.29) is 5.91 Å². The Morgan fingerprint density at radius 3 is 2.87 bits per heavy atom. The fraction of sp³-hybridized carbons (Fsp3) is 0.176. The zero-order valence-electron chi connectivity index (χ0n) is 12.6. The molecule has 0 saturated carbocycles. The molecule has 4 nitrogen and oxygen atoms in total. The van der Waals surface area contributed by atoms with E-state index in [4.69, 9.17) is 4.52 Å². The van der Waals surface area contributed by atoms with Crippen LogP contribution in [0.2, 0.25) is 0 Å². The minimum absolute atomic E-state index is 0.207. The van der Waals surface area contributed by atoms with Gasteiger partial charge in [-0.2, -0.15) is 0 Å². The maximum atomic E-state index is 12.0. The van der Waals surface area contributed by atoms with E-state index in [1.807, 2.05) is 17.5 Å². The molecule has 0 aliphatic carbocycles. The number of carbonyl (C=O) groups is 1. The Morgan fingerprint density at radius 1 is 1.30 bits per heavy atom. The maximum Gasteiger partial charge on any atom is 0.273 e. The smallest absolute Gasteiger partial charge is 0.273 e. The number of hydrogen-bond donors (Lipinski definition) is 1. The van der Waals surface area contributed by atoms with Crippen molar-refractivity contribution in [2.75, 3.05) is 12.3 Å². The molecule has 1 aromatic carbocycles. The summed E-state index contributed by atoms with van der Waals surface area (Å²) in [5.74, 6) is 1.23. The lowest BCUT2D eigenvalue weighted by atomic mass is 10.2. The molecule has 1 amide bonds. The van der Waals surface area contributed by atoms with E-state index in [0.29, 0.717) is 18.0 Å². The van der Waals surface area contributed by atoms with Gasteiger partial charge in [0.05, 0.1) is 4.88 Å². The molecule has 6 heteroatoms. The third kappa shape index (κ3) is 4.24. The molecule has 0 saturated heterocycles. The first-order valence-corrected chi connectivity index (χ1v) is 9.07. The van der Waals surface area contributed by atoms with E-state index < -0.39 is 0 Å². The normalized spacial score (nSPS) is 10.7. The summed E-state index contributed by atoms with van der Waals surface area (Å²) >= 11 is 3.26. The van der Waals surface area contributed by atoms with Crippen LogP contribution in [0, 0.1) is 6.92 Å². The van der Waals surface area contributed by atoms with Gasteiger partial charge in [-0.05, 0) is 30.5 Å². The summed E-state index contributed by atoms with van der Waals surface area (Å²) in [4.78, 5) is 14.2. The first-order valence-electron chi connectivity index (χ1n) is 7.20. The highest BCUT2D eigenvalue weighted by Crippen LogP contribution is 2.25. The van der Waals surface area contributed by atoms with Crippen molar-refractivity contribution in [3.05, 3.63) is 59.1 Å². The van der Waals surface area contributed by atoms with Gasteiger partial charge in [-0.15, -0.1) is 23.1 Å².